The topological polar surface area (TPSA) is 83.4 Å². The van der Waals surface area contributed by atoms with Gasteiger partial charge in [0.05, 0.1) is 6.04 Å². The molecule has 1 unspecified atom stereocenters. The van der Waals surface area contributed by atoms with E-state index in [-0.39, 0.29) is 17.5 Å². The van der Waals surface area contributed by atoms with Crippen LogP contribution in [0.5, 0.6) is 0 Å². The highest BCUT2D eigenvalue weighted by Gasteiger charge is 2.18. The fourth-order valence-corrected chi connectivity index (χ4v) is 4.25. The number of hydrogen-bond donors (Lipinski definition) is 1. The lowest BCUT2D eigenvalue weighted by atomic mass is 10.1. The maximum Gasteiger partial charge on any atom is 0.252 e. The molecule has 8 heteroatoms. The average molecular weight is 449 g/mol. The van der Waals surface area contributed by atoms with Crippen LogP contribution in [-0.2, 0) is 17.9 Å². The number of benzene rings is 1. The molecule has 8 nitrogen and oxygen atoms in total. The van der Waals surface area contributed by atoms with Crippen molar-refractivity contribution in [2.75, 3.05) is 31.5 Å². The van der Waals surface area contributed by atoms with Crippen LogP contribution in [0.4, 0.5) is 5.95 Å². The fraction of sp³-hybridized carbons (Fsp3) is 0.440. The van der Waals surface area contributed by atoms with E-state index < -0.39 is 0 Å². The molecule has 1 saturated heterocycles. The van der Waals surface area contributed by atoms with Gasteiger partial charge in [-0.2, -0.15) is 4.98 Å². The van der Waals surface area contributed by atoms with Crippen molar-refractivity contribution in [2.24, 2.45) is 0 Å². The van der Waals surface area contributed by atoms with Crippen molar-refractivity contribution in [1.82, 2.24) is 24.3 Å². The van der Waals surface area contributed by atoms with E-state index >= 15 is 0 Å². The van der Waals surface area contributed by atoms with Crippen LogP contribution in [0, 0.1) is 0 Å². The van der Waals surface area contributed by atoms with Crippen LogP contribution < -0.4 is 10.9 Å². The van der Waals surface area contributed by atoms with Crippen molar-refractivity contribution in [3.05, 3.63) is 64.1 Å². The summed E-state index contributed by atoms with van der Waals surface area (Å²) in [5, 5.41) is 4.23. The lowest BCUT2D eigenvalue weighted by molar-refractivity contribution is -0.130. The molecule has 0 saturated carbocycles. The zero-order chi connectivity index (χ0) is 23.4. The highest BCUT2D eigenvalue weighted by Crippen LogP contribution is 2.20. The van der Waals surface area contributed by atoms with Gasteiger partial charge in [-0.25, -0.2) is 4.98 Å². The first kappa shape index (κ1) is 22.9. The molecule has 174 valence electrons. The maximum atomic E-state index is 12.3. The van der Waals surface area contributed by atoms with Gasteiger partial charge in [-0.15, -0.1) is 0 Å². The number of carbonyl (C=O) groups excluding carboxylic acids is 1. The molecular formula is C25H32N6O2. The van der Waals surface area contributed by atoms with Gasteiger partial charge in [-0.3, -0.25) is 19.1 Å². The first-order valence-electron chi connectivity index (χ1n) is 11.6. The first-order valence-corrected chi connectivity index (χ1v) is 11.6. The quantitative estimate of drug-likeness (QED) is 0.598. The summed E-state index contributed by atoms with van der Waals surface area (Å²) in [6.45, 7) is 10.7. The summed E-state index contributed by atoms with van der Waals surface area (Å²) in [7, 11) is 0. The monoisotopic (exact) mass is 448 g/mol. The van der Waals surface area contributed by atoms with Gasteiger partial charge in [-0.05, 0) is 30.5 Å². The van der Waals surface area contributed by atoms with E-state index in [9.17, 15) is 9.59 Å². The summed E-state index contributed by atoms with van der Waals surface area (Å²) in [4.78, 5) is 37.1. The molecule has 3 heterocycles. The second-order valence-corrected chi connectivity index (χ2v) is 8.69. The van der Waals surface area contributed by atoms with Crippen molar-refractivity contribution in [1.29, 1.82) is 0 Å². The number of aromatic nitrogens is 3. The van der Waals surface area contributed by atoms with Crippen LogP contribution in [-0.4, -0.2) is 56.4 Å². The smallest absolute Gasteiger partial charge is 0.252 e. The van der Waals surface area contributed by atoms with Crippen molar-refractivity contribution >= 4 is 22.9 Å². The zero-order valence-corrected chi connectivity index (χ0v) is 19.6. The molecule has 1 aromatic carbocycles. The Morgan fingerprint density at radius 2 is 1.82 bits per heavy atom. The summed E-state index contributed by atoms with van der Waals surface area (Å²) < 4.78 is 1.71. The number of amides is 1. The second-order valence-electron chi connectivity index (χ2n) is 8.69. The van der Waals surface area contributed by atoms with Gasteiger partial charge in [0.1, 0.15) is 5.65 Å². The van der Waals surface area contributed by atoms with Crippen molar-refractivity contribution in [2.45, 2.75) is 46.3 Å². The molecule has 4 rings (SSSR count). The minimum atomic E-state index is -0.0413. The summed E-state index contributed by atoms with van der Waals surface area (Å²) in [6.07, 6.45) is 2.62. The minimum Gasteiger partial charge on any atom is -0.348 e. The highest BCUT2D eigenvalue weighted by molar-refractivity contribution is 5.75. The average Bonchev–Trinajstić information content (AvgIpc) is 2.82. The van der Waals surface area contributed by atoms with E-state index in [4.69, 9.17) is 0 Å². The Bertz CT molecular complexity index is 1170. The Labute approximate surface area is 194 Å². The number of hydrogen-bond acceptors (Lipinski definition) is 6. The number of rotatable bonds is 7. The standard InChI is InChI=1S/C25H32N6O2/c1-4-11-31-23(33)10-9-22-16-26-25(28-24(22)31)27-18(2)21-7-5-20(6-8-21)17-29-12-14-30(15-13-29)19(3)32/h5-10,16,18H,4,11-15,17H2,1-3H3,(H,26,27,28). The molecule has 1 atom stereocenters. The molecule has 1 aliphatic heterocycles. The zero-order valence-electron chi connectivity index (χ0n) is 19.6. The Kier molecular flexibility index (Phi) is 7.03. The van der Waals surface area contributed by atoms with Crippen LogP contribution in [0.2, 0.25) is 0 Å². The molecule has 0 aliphatic carbocycles. The normalized spacial score (nSPS) is 15.5. The summed E-state index contributed by atoms with van der Waals surface area (Å²) in [5.41, 5.74) is 3.02. The maximum absolute atomic E-state index is 12.3. The largest absolute Gasteiger partial charge is 0.348 e. The second kappa shape index (κ2) is 10.1. The van der Waals surface area contributed by atoms with Crippen LogP contribution in [0.25, 0.3) is 11.0 Å². The third-order valence-corrected chi connectivity index (χ3v) is 6.22. The number of nitrogens with one attached hydrogen (secondary N) is 1. The van der Waals surface area contributed by atoms with Gasteiger partial charge >= 0.3 is 0 Å². The van der Waals surface area contributed by atoms with Crippen LogP contribution in [0.1, 0.15) is 44.4 Å². The van der Waals surface area contributed by atoms with Crippen molar-refractivity contribution in [3.63, 3.8) is 0 Å². The summed E-state index contributed by atoms with van der Waals surface area (Å²) in [5.74, 6) is 0.669. The molecule has 0 radical (unpaired) electrons. The molecule has 1 amide bonds. The van der Waals surface area contributed by atoms with Crippen molar-refractivity contribution < 1.29 is 4.79 Å². The van der Waals surface area contributed by atoms with E-state index in [1.54, 1.807) is 29.8 Å². The van der Waals surface area contributed by atoms with Gasteiger partial charge in [-0.1, -0.05) is 31.2 Å². The Morgan fingerprint density at radius 1 is 1.09 bits per heavy atom. The van der Waals surface area contributed by atoms with Gasteiger partial charge in [0.15, 0.2) is 0 Å². The molecular weight excluding hydrogens is 416 g/mol. The summed E-state index contributed by atoms with van der Waals surface area (Å²) in [6, 6.07) is 11.9. The molecule has 0 bridgehead atoms. The van der Waals surface area contributed by atoms with Gasteiger partial charge in [0.25, 0.3) is 5.56 Å². The van der Waals surface area contributed by atoms with Gasteiger partial charge in [0.2, 0.25) is 11.9 Å². The Hall–Kier alpha value is -3.26. The number of piperazine rings is 1. The number of carbonyl (C=O) groups is 1. The molecule has 33 heavy (non-hydrogen) atoms. The predicted octanol–water partition coefficient (Wildman–Crippen LogP) is 3.04. The Morgan fingerprint density at radius 3 is 2.48 bits per heavy atom. The third-order valence-electron chi connectivity index (χ3n) is 6.22. The lowest BCUT2D eigenvalue weighted by Crippen LogP contribution is -2.47. The van der Waals surface area contributed by atoms with E-state index in [1.807, 2.05) is 11.8 Å². The number of aryl methyl sites for hydroxylation is 1. The SMILES string of the molecule is CCCn1c(=O)ccc2cnc(NC(C)c3ccc(CN4CCN(C(C)=O)CC4)cc3)nc21. The Balaban J connectivity index is 1.41. The van der Waals surface area contributed by atoms with Gasteiger partial charge in [0, 0.05) is 63.8 Å². The molecule has 1 N–H and O–H groups in total. The fourth-order valence-electron chi connectivity index (χ4n) is 4.25. The molecule has 1 fully saturated rings. The van der Waals surface area contributed by atoms with Gasteiger partial charge < -0.3 is 10.2 Å². The third kappa shape index (κ3) is 5.39. The predicted molar refractivity (Wildman–Crippen MR) is 130 cm³/mol. The lowest BCUT2D eigenvalue weighted by Gasteiger charge is -2.34. The molecule has 3 aromatic rings. The van der Waals surface area contributed by atoms with Crippen LogP contribution in [0.3, 0.4) is 0 Å². The number of fused-ring (bicyclic) bond motifs is 1. The number of pyridine rings is 1. The number of nitrogens with zero attached hydrogens (tertiary/aromatic N) is 5. The molecule has 1 aliphatic rings. The minimum absolute atomic E-state index is 0.0191. The number of anilines is 1. The van der Waals surface area contributed by atoms with Crippen molar-refractivity contribution in [3.8, 4) is 0 Å². The van der Waals surface area contributed by atoms with Crippen LogP contribution >= 0.6 is 0 Å². The van der Waals surface area contributed by atoms with E-state index in [0.29, 0.717) is 18.1 Å². The van der Waals surface area contributed by atoms with E-state index in [2.05, 4.69) is 51.4 Å². The first-order chi connectivity index (χ1) is 15.9. The van der Waals surface area contributed by atoms with E-state index in [0.717, 1.165) is 50.1 Å². The van der Waals surface area contributed by atoms with E-state index in [1.165, 1.54) is 5.56 Å². The summed E-state index contributed by atoms with van der Waals surface area (Å²) >= 11 is 0. The molecule has 2 aromatic heterocycles. The van der Waals surface area contributed by atoms with Crippen LogP contribution in [0.15, 0.2) is 47.4 Å². The highest BCUT2D eigenvalue weighted by atomic mass is 16.2. The molecule has 0 spiro atoms.